The zero-order valence-corrected chi connectivity index (χ0v) is 20.7. The molecule has 1 aliphatic rings. The summed E-state index contributed by atoms with van der Waals surface area (Å²) >= 11 is 0. The van der Waals surface area contributed by atoms with Crippen molar-refractivity contribution in [2.45, 2.75) is 136 Å². The number of rotatable bonds is 20. The summed E-state index contributed by atoms with van der Waals surface area (Å²) in [6, 6.07) is 0. The summed E-state index contributed by atoms with van der Waals surface area (Å²) in [4.78, 5) is 4.72. The number of hydrogen-bond acceptors (Lipinski definition) is 2. The van der Waals surface area contributed by atoms with E-state index in [1.165, 1.54) is 109 Å². The van der Waals surface area contributed by atoms with E-state index in [-0.39, 0.29) is 6.23 Å². The number of allylic oxidation sites excluding steroid dienone is 2. The van der Waals surface area contributed by atoms with Crippen molar-refractivity contribution in [3.8, 4) is 0 Å². The summed E-state index contributed by atoms with van der Waals surface area (Å²) in [7, 11) is 0. The third-order valence-corrected chi connectivity index (χ3v) is 7.00. The molecular weight excluding hydrogens is 368 g/mol. The van der Waals surface area contributed by atoms with Crippen LogP contribution in [-0.2, 0) is 0 Å². The Balaban J connectivity index is 1.87. The van der Waals surface area contributed by atoms with Crippen LogP contribution in [0.25, 0.3) is 0 Å². The second-order valence-corrected chi connectivity index (χ2v) is 9.40. The number of aliphatic hydroxyl groups excluding tert-OH is 1. The first-order valence-electron chi connectivity index (χ1n) is 13.4. The van der Waals surface area contributed by atoms with Crippen molar-refractivity contribution >= 4 is 5.84 Å². The van der Waals surface area contributed by atoms with E-state index in [0.717, 1.165) is 30.5 Å². The smallest absolute Gasteiger partial charge is 0.200 e. The van der Waals surface area contributed by atoms with Gasteiger partial charge < -0.3 is 5.11 Å². The minimum absolute atomic E-state index is 0.317. The molecule has 30 heavy (non-hydrogen) atoms. The number of unbranched alkanes of at least 4 members (excludes halogenated alkanes) is 14. The van der Waals surface area contributed by atoms with Gasteiger partial charge >= 0.3 is 0 Å². The fraction of sp³-hybridized carbons (Fsp3) is 0.889. The second-order valence-electron chi connectivity index (χ2n) is 9.40. The minimum atomic E-state index is -0.317. The Morgan fingerprint density at radius 2 is 1.30 bits per heavy atom. The number of likely N-dealkylation sites (N-methyl/N-ethyl adjacent to an activating group) is 1. The molecule has 0 aliphatic carbocycles. The van der Waals surface area contributed by atoms with Gasteiger partial charge in [0.05, 0.1) is 13.1 Å². The van der Waals surface area contributed by atoms with Crippen molar-refractivity contribution in [1.82, 2.24) is 0 Å². The van der Waals surface area contributed by atoms with E-state index in [0.29, 0.717) is 0 Å². The van der Waals surface area contributed by atoms with Crippen LogP contribution in [0.4, 0.5) is 0 Å². The third-order valence-electron chi connectivity index (χ3n) is 7.00. The maximum atomic E-state index is 10.2. The van der Waals surface area contributed by atoms with Crippen molar-refractivity contribution < 1.29 is 9.59 Å². The summed E-state index contributed by atoms with van der Waals surface area (Å²) in [5.74, 6) is 1.25. The Morgan fingerprint density at radius 1 is 0.800 bits per heavy atom. The Morgan fingerprint density at radius 3 is 1.80 bits per heavy atom. The van der Waals surface area contributed by atoms with Crippen molar-refractivity contribution in [3.05, 3.63) is 12.2 Å². The zero-order valence-electron chi connectivity index (χ0n) is 20.7. The summed E-state index contributed by atoms with van der Waals surface area (Å²) in [6.07, 6.45) is 27.4. The molecule has 2 atom stereocenters. The lowest BCUT2D eigenvalue weighted by Gasteiger charge is -2.36. The van der Waals surface area contributed by atoms with Crippen LogP contribution in [0.1, 0.15) is 130 Å². The van der Waals surface area contributed by atoms with Crippen molar-refractivity contribution in [3.63, 3.8) is 0 Å². The normalized spacial score (nSPS) is 20.2. The van der Waals surface area contributed by atoms with Gasteiger partial charge in [0.1, 0.15) is 6.54 Å². The van der Waals surface area contributed by atoms with Gasteiger partial charge in [0.25, 0.3) is 0 Å². The third kappa shape index (κ3) is 11.1. The van der Waals surface area contributed by atoms with Crippen LogP contribution in [0, 0.1) is 0 Å². The van der Waals surface area contributed by atoms with Gasteiger partial charge in [-0.1, -0.05) is 89.7 Å². The quantitative estimate of drug-likeness (QED) is 0.121. The minimum Gasteiger partial charge on any atom is -0.345 e. The lowest BCUT2D eigenvalue weighted by molar-refractivity contribution is -0.882. The molecule has 0 saturated carbocycles. The Hall–Kier alpha value is -0.670. The van der Waals surface area contributed by atoms with Gasteiger partial charge in [-0.25, -0.2) is 4.99 Å². The molecule has 1 rings (SSSR count). The number of amidine groups is 1. The summed E-state index contributed by atoms with van der Waals surface area (Å²) in [5.41, 5.74) is 0. The molecule has 0 fully saturated rings. The maximum absolute atomic E-state index is 10.2. The van der Waals surface area contributed by atoms with E-state index < -0.39 is 0 Å². The Bertz CT molecular complexity index is 458. The number of aliphatic hydroxyl groups is 1. The highest BCUT2D eigenvalue weighted by Crippen LogP contribution is 2.23. The monoisotopic (exact) mass is 421 g/mol. The van der Waals surface area contributed by atoms with Crippen LogP contribution in [-0.4, -0.2) is 41.3 Å². The number of hydrogen-bond donors (Lipinski definition) is 1. The number of nitrogens with zero attached hydrogens (tertiary/aromatic N) is 2. The molecule has 3 heteroatoms. The molecule has 3 nitrogen and oxygen atoms in total. The molecule has 1 aliphatic heterocycles. The summed E-state index contributed by atoms with van der Waals surface area (Å²) in [5, 5.41) is 10.2. The van der Waals surface area contributed by atoms with Crippen LogP contribution < -0.4 is 0 Å². The molecule has 1 N–H and O–H groups in total. The largest absolute Gasteiger partial charge is 0.345 e. The Labute approximate surface area is 188 Å². The molecule has 0 spiro atoms. The predicted octanol–water partition coefficient (Wildman–Crippen LogP) is 7.78. The zero-order chi connectivity index (χ0) is 21.9. The highest BCUT2D eigenvalue weighted by atomic mass is 16.3. The molecule has 0 aromatic carbocycles. The molecule has 0 radical (unpaired) electrons. The van der Waals surface area contributed by atoms with Gasteiger partial charge in [-0.2, -0.15) is 0 Å². The van der Waals surface area contributed by atoms with E-state index in [1.54, 1.807) is 0 Å². The van der Waals surface area contributed by atoms with Gasteiger partial charge in [0, 0.05) is 13.3 Å². The van der Waals surface area contributed by atoms with E-state index in [2.05, 4.69) is 26.0 Å². The molecule has 0 aromatic rings. The van der Waals surface area contributed by atoms with E-state index in [9.17, 15) is 5.11 Å². The van der Waals surface area contributed by atoms with Crippen molar-refractivity contribution in [2.24, 2.45) is 4.99 Å². The van der Waals surface area contributed by atoms with Crippen molar-refractivity contribution in [1.29, 1.82) is 0 Å². The van der Waals surface area contributed by atoms with Crippen LogP contribution in [0.3, 0.4) is 0 Å². The molecule has 0 amide bonds. The topological polar surface area (TPSA) is 32.6 Å². The number of aliphatic imine (C=N–C) groups is 1. The summed E-state index contributed by atoms with van der Waals surface area (Å²) in [6.45, 7) is 9.23. The van der Waals surface area contributed by atoms with E-state index in [1.807, 2.05) is 6.92 Å². The first-order chi connectivity index (χ1) is 14.7. The fourth-order valence-corrected chi connectivity index (χ4v) is 4.82. The Kier molecular flexibility index (Phi) is 16.4. The van der Waals surface area contributed by atoms with Crippen LogP contribution in [0.15, 0.2) is 17.1 Å². The van der Waals surface area contributed by atoms with Crippen LogP contribution in [0.2, 0.25) is 0 Å². The average Bonchev–Trinajstić information content (AvgIpc) is 3.17. The van der Waals surface area contributed by atoms with Gasteiger partial charge in [0.15, 0.2) is 6.23 Å². The molecule has 176 valence electrons. The molecular formula is C27H53N2O+. The molecule has 0 saturated heterocycles. The fourth-order valence-electron chi connectivity index (χ4n) is 4.82. The maximum Gasteiger partial charge on any atom is 0.200 e. The predicted molar refractivity (Wildman–Crippen MR) is 133 cm³/mol. The highest BCUT2D eigenvalue weighted by molar-refractivity contribution is 5.76. The first kappa shape index (κ1) is 27.4. The average molecular weight is 422 g/mol. The van der Waals surface area contributed by atoms with Gasteiger partial charge in [0.2, 0.25) is 5.84 Å². The molecule has 2 unspecified atom stereocenters. The molecule has 0 bridgehead atoms. The molecule has 0 aromatic heterocycles. The van der Waals surface area contributed by atoms with Crippen LogP contribution >= 0.6 is 0 Å². The highest BCUT2D eigenvalue weighted by Gasteiger charge is 2.40. The summed E-state index contributed by atoms with van der Waals surface area (Å²) < 4.78 is 0.717. The molecule has 1 heterocycles. The van der Waals surface area contributed by atoms with Gasteiger partial charge in [-0.3, -0.25) is 4.48 Å². The van der Waals surface area contributed by atoms with Gasteiger partial charge in [-0.05, 0) is 39.0 Å². The SMILES string of the molecule is CCCCCC/C=C/CCCCCCCCCCCCC1=NCC[N+]1(CC)C(C)O. The number of quaternary nitrogens is 1. The second kappa shape index (κ2) is 18.0. The van der Waals surface area contributed by atoms with E-state index in [4.69, 9.17) is 4.99 Å². The lowest BCUT2D eigenvalue weighted by Crippen LogP contribution is -2.56. The van der Waals surface area contributed by atoms with E-state index >= 15 is 0 Å². The van der Waals surface area contributed by atoms with Crippen molar-refractivity contribution in [2.75, 3.05) is 19.6 Å². The van der Waals surface area contributed by atoms with Crippen LogP contribution in [0.5, 0.6) is 0 Å². The lowest BCUT2D eigenvalue weighted by atomic mass is 10.0. The van der Waals surface area contributed by atoms with Gasteiger partial charge in [-0.15, -0.1) is 0 Å². The standard InChI is InChI=1S/C27H53N2O/c1-4-6-7-8-9-10-11-12-13-14-15-16-17-18-19-20-21-22-23-27-28-24-25-29(27,5-2)26(3)30/h10-11,26,30H,4-9,12-25H2,1-3H3/q+1/b11-10+. The first-order valence-corrected chi connectivity index (χ1v) is 13.4.